The number of esters is 1. The van der Waals surface area contributed by atoms with Gasteiger partial charge < -0.3 is 20.3 Å². The molecule has 400 valence electrons. The molecule has 0 rings (SSSR count). The standard InChI is InChI=1S/C62H117NO5/c1-3-5-7-9-11-13-15-17-19-20-23-27-30-34-38-42-46-50-54-60(65)59(58-64)63-61(66)55-51-47-43-39-35-31-28-24-21-22-25-29-33-37-41-45-49-53-57-68-62(67)56-52-48-44-40-36-32-26-18-16-14-12-10-8-6-4-2/h12,14,18,26,50,54,59-60,64-65H,3-11,13,15-17,19-25,27-49,51-53,55-58H2,1-2H3,(H,63,66)/b14-12-,26-18-,54-50+. The molecule has 2 unspecified atom stereocenters. The number of hydrogen-bond donors (Lipinski definition) is 3. The van der Waals surface area contributed by atoms with Crippen molar-refractivity contribution >= 4 is 11.9 Å². The average Bonchev–Trinajstić information content (AvgIpc) is 3.34. The zero-order valence-electron chi connectivity index (χ0n) is 45.6. The van der Waals surface area contributed by atoms with Crippen molar-refractivity contribution in [1.82, 2.24) is 5.32 Å². The molecule has 0 aromatic rings. The smallest absolute Gasteiger partial charge is 0.305 e. The third-order valence-electron chi connectivity index (χ3n) is 13.9. The average molecular weight is 957 g/mol. The largest absolute Gasteiger partial charge is 0.466 e. The van der Waals surface area contributed by atoms with Gasteiger partial charge in [0.15, 0.2) is 0 Å². The van der Waals surface area contributed by atoms with Crippen molar-refractivity contribution < 1.29 is 24.5 Å². The third-order valence-corrected chi connectivity index (χ3v) is 13.9. The van der Waals surface area contributed by atoms with E-state index in [-0.39, 0.29) is 18.5 Å². The van der Waals surface area contributed by atoms with Crippen molar-refractivity contribution in [1.29, 1.82) is 0 Å². The Labute approximate surface area is 424 Å². The summed E-state index contributed by atoms with van der Waals surface area (Å²) in [6, 6.07) is -0.632. The molecule has 6 heteroatoms. The Morgan fingerprint density at radius 3 is 1.15 bits per heavy atom. The molecular formula is C62H117NO5. The number of aliphatic hydroxyl groups is 2. The Morgan fingerprint density at radius 2 is 0.735 bits per heavy atom. The van der Waals surface area contributed by atoms with Crippen LogP contribution in [0, 0.1) is 0 Å². The highest BCUT2D eigenvalue weighted by Crippen LogP contribution is 2.17. The normalized spacial score (nSPS) is 12.8. The minimum Gasteiger partial charge on any atom is -0.466 e. The Morgan fingerprint density at radius 1 is 0.412 bits per heavy atom. The van der Waals surface area contributed by atoms with Gasteiger partial charge in [-0.2, -0.15) is 0 Å². The molecule has 0 saturated heterocycles. The molecule has 0 aliphatic heterocycles. The molecule has 0 aromatic heterocycles. The minimum atomic E-state index is -0.848. The second-order valence-corrected chi connectivity index (χ2v) is 20.7. The van der Waals surface area contributed by atoms with Crippen molar-refractivity contribution in [3.05, 3.63) is 36.5 Å². The van der Waals surface area contributed by atoms with Crippen LogP contribution in [0.4, 0.5) is 0 Å². The summed E-state index contributed by atoms with van der Waals surface area (Å²) in [4.78, 5) is 24.5. The molecule has 3 N–H and O–H groups in total. The summed E-state index contributed by atoms with van der Waals surface area (Å²) >= 11 is 0. The molecular weight excluding hydrogens is 839 g/mol. The van der Waals surface area contributed by atoms with Crippen LogP contribution in [0.3, 0.4) is 0 Å². The fraction of sp³-hybridized carbons (Fsp3) is 0.871. The van der Waals surface area contributed by atoms with Gasteiger partial charge in [-0.1, -0.05) is 281 Å². The molecule has 1 amide bonds. The zero-order chi connectivity index (χ0) is 49.3. The fourth-order valence-corrected chi connectivity index (χ4v) is 9.25. The number of aliphatic hydroxyl groups excluding tert-OH is 2. The van der Waals surface area contributed by atoms with Crippen molar-refractivity contribution in [2.75, 3.05) is 13.2 Å². The molecule has 2 atom stereocenters. The topological polar surface area (TPSA) is 95.9 Å². The molecule has 6 nitrogen and oxygen atoms in total. The predicted octanol–water partition coefficient (Wildman–Crippen LogP) is 18.8. The van der Waals surface area contributed by atoms with Crippen molar-refractivity contribution in [3.63, 3.8) is 0 Å². The third kappa shape index (κ3) is 53.4. The number of carbonyl (C=O) groups excluding carboxylic acids is 2. The van der Waals surface area contributed by atoms with E-state index in [1.165, 1.54) is 244 Å². The lowest BCUT2D eigenvalue weighted by Gasteiger charge is -2.20. The second kappa shape index (κ2) is 57.7. The number of allylic oxidation sites excluding steroid dienone is 5. The van der Waals surface area contributed by atoms with Crippen LogP contribution in [0.5, 0.6) is 0 Å². The summed E-state index contributed by atoms with van der Waals surface area (Å²) in [5.41, 5.74) is 0. The van der Waals surface area contributed by atoms with E-state index in [1.807, 2.05) is 6.08 Å². The van der Waals surface area contributed by atoms with Gasteiger partial charge in [-0.25, -0.2) is 0 Å². The first-order valence-corrected chi connectivity index (χ1v) is 30.3. The number of carbonyl (C=O) groups is 2. The van der Waals surface area contributed by atoms with E-state index in [2.05, 4.69) is 43.5 Å². The zero-order valence-corrected chi connectivity index (χ0v) is 45.6. The highest BCUT2D eigenvalue weighted by Gasteiger charge is 2.18. The second-order valence-electron chi connectivity index (χ2n) is 20.7. The van der Waals surface area contributed by atoms with Crippen LogP contribution in [0.25, 0.3) is 0 Å². The molecule has 0 heterocycles. The van der Waals surface area contributed by atoms with E-state index in [1.54, 1.807) is 6.08 Å². The molecule has 0 radical (unpaired) electrons. The van der Waals surface area contributed by atoms with Gasteiger partial charge >= 0.3 is 5.97 Å². The highest BCUT2D eigenvalue weighted by atomic mass is 16.5. The van der Waals surface area contributed by atoms with Gasteiger partial charge in [0, 0.05) is 12.8 Å². The Hall–Kier alpha value is -1.92. The summed E-state index contributed by atoms with van der Waals surface area (Å²) in [7, 11) is 0. The van der Waals surface area contributed by atoms with Gasteiger partial charge in [0.1, 0.15) is 0 Å². The van der Waals surface area contributed by atoms with Crippen molar-refractivity contribution in [2.24, 2.45) is 0 Å². The first-order valence-electron chi connectivity index (χ1n) is 30.3. The molecule has 0 saturated carbocycles. The van der Waals surface area contributed by atoms with Gasteiger partial charge in [0.25, 0.3) is 0 Å². The van der Waals surface area contributed by atoms with Gasteiger partial charge in [0.05, 0.1) is 25.4 Å². The quantitative estimate of drug-likeness (QED) is 0.0321. The van der Waals surface area contributed by atoms with Crippen molar-refractivity contribution in [2.45, 2.75) is 334 Å². The van der Waals surface area contributed by atoms with Crippen LogP contribution in [-0.4, -0.2) is 47.4 Å². The molecule has 68 heavy (non-hydrogen) atoms. The maximum atomic E-state index is 12.5. The Bertz CT molecular complexity index is 1100. The Balaban J connectivity index is 3.45. The monoisotopic (exact) mass is 956 g/mol. The molecule has 0 aromatic carbocycles. The summed E-state index contributed by atoms with van der Waals surface area (Å²) < 4.78 is 5.47. The summed E-state index contributed by atoms with van der Waals surface area (Å²) in [5, 5.41) is 23.2. The fourth-order valence-electron chi connectivity index (χ4n) is 9.25. The maximum absolute atomic E-state index is 12.5. The summed E-state index contributed by atoms with van der Waals surface area (Å²) in [6.45, 7) is 4.88. The van der Waals surface area contributed by atoms with E-state index in [0.717, 1.165) is 51.4 Å². The van der Waals surface area contributed by atoms with E-state index in [4.69, 9.17) is 4.74 Å². The summed E-state index contributed by atoms with van der Waals surface area (Å²) in [6.07, 6.45) is 71.7. The minimum absolute atomic E-state index is 0.00743. The number of rotatable bonds is 56. The van der Waals surface area contributed by atoms with Crippen LogP contribution in [0.2, 0.25) is 0 Å². The summed E-state index contributed by atoms with van der Waals surface area (Å²) in [5.74, 6) is -0.0780. The highest BCUT2D eigenvalue weighted by molar-refractivity contribution is 5.76. The predicted molar refractivity (Wildman–Crippen MR) is 296 cm³/mol. The van der Waals surface area contributed by atoms with E-state index in [9.17, 15) is 19.8 Å². The Kier molecular flexibility index (Phi) is 56.0. The van der Waals surface area contributed by atoms with E-state index in [0.29, 0.717) is 19.4 Å². The number of ether oxygens (including phenoxy) is 1. The SMILES string of the molecule is CCCCC/C=C\C/C=C\CCCCCCCC(=O)OCCCCCCCCCCCCCCCCCCCCC(=O)NC(CO)C(O)/C=C/CCCCCCCCCCCCCCCCCC. The van der Waals surface area contributed by atoms with Gasteiger partial charge in [-0.15, -0.1) is 0 Å². The van der Waals surface area contributed by atoms with Gasteiger partial charge in [-0.05, 0) is 64.2 Å². The molecule has 0 fully saturated rings. The van der Waals surface area contributed by atoms with Crippen LogP contribution >= 0.6 is 0 Å². The number of amides is 1. The van der Waals surface area contributed by atoms with Crippen LogP contribution in [0.1, 0.15) is 322 Å². The molecule has 0 aliphatic carbocycles. The molecule has 0 bridgehead atoms. The van der Waals surface area contributed by atoms with Crippen molar-refractivity contribution in [3.8, 4) is 0 Å². The lowest BCUT2D eigenvalue weighted by molar-refractivity contribution is -0.143. The van der Waals surface area contributed by atoms with Gasteiger partial charge in [-0.3, -0.25) is 9.59 Å². The lowest BCUT2D eigenvalue weighted by Crippen LogP contribution is -2.45. The molecule has 0 spiro atoms. The lowest BCUT2D eigenvalue weighted by atomic mass is 10.0. The number of hydrogen-bond acceptors (Lipinski definition) is 5. The van der Waals surface area contributed by atoms with E-state index >= 15 is 0 Å². The first kappa shape index (κ1) is 66.1. The van der Waals surface area contributed by atoms with E-state index < -0.39 is 12.1 Å². The molecule has 0 aliphatic rings. The van der Waals surface area contributed by atoms with Crippen LogP contribution < -0.4 is 5.32 Å². The number of nitrogens with one attached hydrogen (secondary N) is 1. The maximum Gasteiger partial charge on any atom is 0.305 e. The first-order chi connectivity index (χ1) is 33.5. The van der Waals surface area contributed by atoms with Gasteiger partial charge in [0.2, 0.25) is 5.91 Å². The van der Waals surface area contributed by atoms with Crippen LogP contribution in [-0.2, 0) is 14.3 Å². The number of unbranched alkanes of at least 4 members (excludes halogenated alkanes) is 41. The van der Waals surface area contributed by atoms with Crippen LogP contribution in [0.15, 0.2) is 36.5 Å².